The first-order valence-electron chi connectivity index (χ1n) is 9.67. The Balaban J connectivity index is 0.00000320. The summed E-state index contributed by atoms with van der Waals surface area (Å²) in [6.07, 6.45) is 3.57. The number of aromatic nitrogens is 2. The molecule has 2 N–H and O–H groups in total. The van der Waals surface area contributed by atoms with Gasteiger partial charge in [-0.1, -0.05) is 12.1 Å². The molecule has 0 bridgehead atoms. The van der Waals surface area contributed by atoms with Crippen LogP contribution < -0.4 is 15.5 Å². The van der Waals surface area contributed by atoms with Gasteiger partial charge >= 0.3 is 0 Å². The average molecular weight is 527 g/mol. The topological polar surface area (TPSA) is 87.0 Å². The van der Waals surface area contributed by atoms with Gasteiger partial charge in [-0.05, 0) is 17.7 Å². The Morgan fingerprint density at radius 2 is 2.03 bits per heavy atom. The van der Waals surface area contributed by atoms with Crippen molar-refractivity contribution < 1.29 is 9.53 Å². The smallest absolute Gasteiger partial charge is 0.246 e. The minimum atomic E-state index is 0. The maximum Gasteiger partial charge on any atom is 0.246 e. The molecule has 1 aromatic heterocycles. The number of rotatable bonds is 7. The van der Waals surface area contributed by atoms with Crippen molar-refractivity contribution in [3.05, 3.63) is 42.2 Å². The summed E-state index contributed by atoms with van der Waals surface area (Å²) < 4.78 is 6.74. The Hall–Kier alpha value is -2.34. The summed E-state index contributed by atoms with van der Waals surface area (Å²) in [5.74, 6) is 0.769. The minimum absolute atomic E-state index is 0. The molecule has 0 aliphatic carbocycles. The second-order valence-corrected chi connectivity index (χ2v) is 6.86. The van der Waals surface area contributed by atoms with Gasteiger partial charge in [0.05, 0.1) is 18.5 Å². The van der Waals surface area contributed by atoms with Crippen LogP contribution in [0.15, 0.2) is 41.7 Å². The molecule has 10 heteroatoms. The third-order valence-electron chi connectivity index (χ3n) is 4.77. The lowest BCUT2D eigenvalue weighted by molar-refractivity contribution is -0.120. The molecule has 9 nitrogen and oxygen atoms in total. The largest absolute Gasteiger partial charge is 0.383 e. The fraction of sp³-hybridized carbons (Fsp3) is 0.450. The number of hydrogen-bond acceptors (Lipinski definition) is 5. The molecule has 1 aliphatic rings. The van der Waals surface area contributed by atoms with Crippen LogP contribution in [0.5, 0.6) is 0 Å². The lowest BCUT2D eigenvalue weighted by atomic mass is 10.2. The molecule has 1 amide bonds. The summed E-state index contributed by atoms with van der Waals surface area (Å²) in [6, 6.07) is 8.24. The van der Waals surface area contributed by atoms with Crippen molar-refractivity contribution in [2.75, 3.05) is 57.2 Å². The molecule has 0 spiro atoms. The third-order valence-corrected chi connectivity index (χ3v) is 4.77. The standard InChI is InChI=1S/C20H29N7O2.HI/c1-21-20(23-12-16-4-6-17(7-5-16)22-8-11-29-3)26-9-10-27(19(28)15-26)18-13-24-25(2)14-18;/h4-7,13-14,22H,8-12,15H2,1-3H3,(H,21,23);1H. The van der Waals surface area contributed by atoms with Crippen molar-refractivity contribution in [2.24, 2.45) is 12.0 Å². The number of amides is 1. The zero-order valence-corrected chi connectivity index (χ0v) is 20.0. The van der Waals surface area contributed by atoms with Crippen molar-refractivity contribution in [3.63, 3.8) is 0 Å². The number of carbonyl (C=O) groups excluding carboxylic acids is 1. The van der Waals surface area contributed by atoms with Crippen LogP contribution in [0.1, 0.15) is 5.56 Å². The maximum atomic E-state index is 12.6. The summed E-state index contributed by atoms with van der Waals surface area (Å²) in [5, 5.41) is 10.8. The number of halogens is 1. The summed E-state index contributed by atoms with van der Waals surface area (Å²) in [6.45, 7) is 3.70. The molecule has 0 radical (unpaired) electrons. The molecule has 0 unspecified atom stereocenters. The fourth-order valence-corrected chi connectivity index (χ4v) is 3.23. The van der Waals surface area contributed by atoms with E-state index < -0.39 is 0 Å². The number of piperazine rings is 1. The van der Waals surface area contributed by atoms with Gasteiger partial charge in [-0.15, -0.1) is 24.0 Å². The van der Waals surface area contributed by atoms with Gasteiger partial charge < -0.3 is 25.2 Å². The zero-order chi connectivity index (χ0) is 20.6. The van der Waals surface area contributed by atoms with E-state index in [-0.39, 0.29) is 36.4 Å². The average Bonchev–Trinajstić information content (AvgIpc) is 3.16. The van der Waals surface area contributed by atoms with E-state index in [0.717, 1.165) is 29.4 Å². The highest BCUT2D eigenvalue weighted by molar-refractivity contribution is 14.0. The Kier molecular flexibility index (Phi) is 9.37. The first kappa shape index (κ1) is 23.9. The number of nitrogens with zero attached hydrogens (tertiary/aromatic N) is 5. The molecule has 1 fully saturated rings. The van der Waals surface area contributed by atoms with Gasteiger partial charge in [0.15, 0.2) is 5.96 Å². The lowest BCUT2D eigenvalue weighted by Crippen LogP contribution is -2.55. The number of anilines is 2. The lowest BCUT2D eigenvalue weighted by Gasteiger charge is -2.35. The number of carbonyl (C=O) groups is 1. The highest BCUT2D eigenvalue weighted by Gasteiger charge is 2.27. The summed E-state index contributed by atoms with van der Waals surface area (Å²) in [4.78, 5) is 20.7. The number of aryl methyl sites for hydroxylation is 1. The van der Waals surface area contributed by atoms with Crippen molar-refractivity contribution in [1.29, 1.82) is 0 Å². The van der Waals surface area contributed by atoms with Crippen molar-refractivity contribution in [2.45, 2.75) is 6.54 Å². The van der Waals surface area contributed by atoms with Crippen LogP contribution in [-0.4, -0.2) is 73.5 Å². The van der Waals surface area contributed by atoms with Gasteiger partial charge in [-0.25, -0.2) is 0 Å². The number of guanidine groups is 1. The van der Waals surface area contributed by atoms with Crippen LogP contribution in [0, 0.1) is 0 Å². The monoisotopic (exact) mass is 527 g/mol. The molecule has 0 saturated carbocycles. The third kappa shape index (κ3) is 6.33. The van der Waals surface area contributed by atoms with E-state index >= 15 is 0 Å². The Morgan fingerprint density at radius 3 is 2.63 bits per heavy atom. The predicted molar refractivity (Wildman–Crippen MR) is 130 cm³/mol. The minimum Gasteiger partial charge on any atom is -0.383 e. The van der Waals surface area contributed by atoms with E-state index in [2.05, 4.69) is 32.9 Å². The zero-order valence-electron chi connectivity index (χ0n) is 17.7. The molecule has 1 aromatic carbocycles. The molecule has 0 atom stereocenters. The number of benzene rings is 1. The van der Waals surface area contributed by atoms with Gasteiger partial charge in [0, 0.05) is 59.3 Å². The highest BCUT2D eigenvalue weighted by Crippen LogP contribution is 2.16. The summed E-state index contributed by atoms with van der Waals surface area (Å²) in [7, 11) is 5.27. The van der Waals surface area contributed by atoms with E-state index in [0.29, 0.717) is 26.2 Å². The Morgan fingerprint density at radius 1 is 1.27 bits per heavy atom. The second-order valence-electron chi connectivity index (χ2n) is 6.86. The number of hydrogen-bond donors (Lipinski definition) is 2. The van der Waals surface area contributed by atoms with Crippen molar-refractivity contribution in [1.82, 2.24) is 20.0 Å². The Bertz CT molecular complexity index is 838. The molecule has 30 heavy (non-hydrogen) atoms. The normalized spacial score (nSPS) is 14.5. The number of aliphatic imine (C=N–C) groups is 1. The van der Waals surface area contributed by atoms with Crippen LogP contribution >= 0.6 is 24.0 Å². The predicted octanol–water partition coefficient (Wildman–Crippen LogP) is 1.52. The van der Waals surface area contributed by atoms with E-state index in [1.165, 1.54) is 0 Å². The first-order valence-corrected chi connectivity index (χ1v) is 9.67. The number of ether oxygens (including phenoxy) is 1. The van der Waals surface area contributed by atoms with Gasteiger partial charge in [-0.3, -0.25) is 14.5 Å². The van der Waals surface area contributed by atoms with E-state index in [4.69, 9.17) is 4.74 Å². The second kappa shape index (κ2) is 11.7. The van der Waals surface area contributed by atoms with Gasteiger partial charge in [-0.2, -0.15) is 5.10 Å². The van der Waals surface area contributed by atoms with Crippen LogP contribution in [0.25, 0.3) is 0 Å². The van der Waals surface area contributed by atoms with Crippen LogP contribution in [-0.2, 0) is 23.1 Å². The molecule has 3 rings (SSSR count). The van der Waals surface area contributed by atoms with E-state index in [1.807, 2.05) is 30.3 Å². The van der Waals surface area contributed by atoms with Gasteiger partial charge in [0.1, 0.15) is 6.54 Å². The molecular weight excluding hydrogens is 497 g/mol. The van der Waals surface area contributed by atoms with Crippen LogP contribution in [0.3, 0.4) is 0 Å². The van der Waals surface area contributed by atoms with Crippen molar-refractivity contribution in [3.8, 4) is 0 Å². The molecule has 2 aromatic rings. The quantitative estimate of drug-likeness (QED) is 0.246. The maximum absolute atomic E-state index is 12.6. The van der Waals surface area contributed by atoms with Gasteiger partial charge in [0.25, 0.3) is 0 Å². The molecule has 164 valence electrons. The highest BCUT2D eigenvalue weighted by atomic mass is 127. The Labute approximate surface area is 194 Å². The molecule has 1 aliphatic heterocycles. The van der Waals surface area contributed by atoms with Gasteiger partial charge in [0.2, 0.25) is 5.91 Å². The molecule has 1 saturated heterocycles. The number of methoxy groups -OCH3 is 1. The summed E-state index contributed by atoms with van der Waals surface area (Å²) >= 11 is 0. The van der Waals surface area contributed by atoms with Crippen LogP contribution in [0.4, 0.5) is 11.4 Å². The molecule has 2 heterocycles. The summed E-state index contributed by atoms with van der Waals surface area (Å²) in [5.41, 5.74) is 3.04. The first-order chi connectivity index (χ1) is 14.1. The van der Waals surface area contributed by atoms with E-state index in [1.54, 1.807) is 29.9 Å². The van der Waals surface area contributed by atoms with E-state index in [9.17, 15) is 4.79 Å². The van der Waals surface area contributed by atoms with Crippen LogP contribution in [0.2, 0.25) is 0 Å². The number of nitrogens with one attached hydrogen (secondary N) is 2. The molecular formula is C20H30IN7O2. The SMILES string of the molecule is CN=C(NCc1ccc(NCCOC)cc1)N1CCN(c2cnn(C)c2)C(=O)C1.I. The fourth-order valence-electron chi connectivity index (χ4n) is 3.23. The van der Waals surface area contributed by atoms with Crippen molar-refractivity contribution >= 4 is 47.2 Å².